The number of anilines is 1. The molecule has 4 rings (SSSR count). The second-order valence-corrected chi connectivity index (χ2v) is 9.75. The van der Waals surface area contributed by atoms with Crippen LogP contribution in [0.1, 0.15) is 22.6 Å². The molecule has 2 aliphatic rings. The summed E-state index contributed by atoms with van der Waals surface area (Å²) in [5, 5.41) is 13.2. The molecule has 11 heteroatoms. The number of benzene rings is 2. The number of ether oxygens (including phenoxy) is 3. The highest BCUT2D eigenvalue weighted by Crippen LogP contribution is 2.50. The monoisotopic (exact) mass is 546 g/mol. The van der Waals surface area contributed by atoms with Gasteiger partial charge in [0.15, 0.2) is 0 Å². The van der Waals surface area contributed by atoms with Gasteiger partial charge in [-0.1, -0.05) is 35.5 Å². The number of hydrogen-bond donors (Lipinski definition) is 2. The minimum Gasteiger partial charge on any atom is -0.497 e. The van der Waals surface area contributed by atoms with Gasteiger partial charge >= 0.3 is 5.97 Å². The number of carbonyl (C=O) groups is 3. The predicted octanol–water partition coefficient (Wildman–Crippen LogP) is 3.59. The number of nitrogens with two attached hydrogens (primary N) is 1. The maximum Gasteiger partial charge on any atom is 0.344 e. The number of thioether (sulfide) groups is 1. The van der Waals surface area contributed by atoms with Crippen LogP contribution in [0.3, 0.4) is 0 Å². The Morgan fingerprint density at radius 1 is 1.10 bits per heavy atom. The highest BCUT2D eigenvalue weighted by atomic mass is 32.2. The smallest absolute Gasteiger partial charge is 0.344 e. The van der Waals surface area contributed by atoms with Crippen molar-refractivity contribution >= 4 is 35.2 Å². The number of hydrogen-bond acceptors (Lipinski definition) is 9. The number of methoxy groups -OCH3 is 3. The molecule has 2 aromatic carbocycles. The molecule has 2 aromatic rings. The first-order valence-corrected chi connectivity index (χ1v) is 12.5. The van der Waals surface area contributed by atoms with E-state index in [-0.39, 0.29) is 26.9 Å². The van der Waals surface area contributed by atoms with Gasteiger partial charge in [0.2, 0.25) is 0 Å². The third kappa shape index (κ3) is 4.94. The molecule has 1 atom stereocenters. The van der Waals surface area contributed by atoms with Crippen LogP contribution in [0.15, 0.2) is 69.4 Å². The average Bonchev–Trinajstić information content (AvgIpc) is 2.93. The lowest BCUT2D eigenvalue weighted by atomic mass is 9.82. The molecule has 0 spiro atoms. The Bertz CT molecular complexity index is 1530. The maximum absolute atomic E-state index is 14.1. The van der Waals surface area contributed by atoms with Crippen molar-refractivity contribution in [1.29, 1.82) is 5.26 Å². The molecule has 0 unspecified atom stereocenters. The topological polar surface area (TPSA) is 144 Å². The molecule has 39 heavy (non-hydrogen) atoms. The quantitative estimate of drug-likeness (QED) is 0.519. The van der Waals surface area contributed by atoms with E-state index in [4.69, 9.17) is 19.9 Å². The molecule has 2 aliphatic heterocycles. The summed E-state index contributed by atoms with van der Waals surface area (Å²) in [5.74, 6) is -2.39. The van der Waals surface area contributed by atoms with Gasteiger partial charge in [-0.2, -0.15) is 5.26 Å². The number of allylic oxidation sites excluding steroid dienone is 1. The van der Waals surface area contributed by atoms with E-state index in [1.165, 1.54) is 21.3 Å². The summed E-state index contributed by atoms with van der Waals surface area (Å²) in [6.45, 7) is 3.79. The lowest BCUT2D eigenvalue weighted by molar-refractivity contribution is -0.135. The van der Waals surface area contributed by atoms with Crippen molar-refractivity contribution in [3.8, 4) is 17.6 Å². The first-order chi connectivity index (χ1) is 18.6. The van der Waals surface area contributed by atoms with Gasteiger partial charge in [-0.05, 0) is 31.5 Å². The molecule has 0 saturated carbocycles. The number of esters is 1. The van der Waals surface area contributed by atoms with E-state index in [9.17, 15) is 19.6 Å². The van der Waals surface area contributed by atoms with Crippen LogP contribution < -0.4 is 20.5 Å². The van der Waals surface area contributed by atoms with Crippen LogP contribution in [0.2, 0.25) is 0 Å². The van der Waals surface area contributed by atoms with Crippen molar-refractivity contribution < 1.29 is 28.6 Å². The van der Waals surface area contributed by atoms with Crippen molar-refractivity contribution in [2.24, 2.45) is 5.73 Å². The van der Waals surface area contributed by atoms with E-state index in [1.807, 2.05) is 26.0 Å². The number of nitrogens with zero attached hydrogens (tertiary/aromatic N) is 2. The Balaban J connectivity index is 1.99. The van der Waals surface area contributed by atoms with Gasteiger partial charge in [-0.25, -0.2) is 4.79 Å². The molecule has 0 bridgehead atoms. The number of amides is 2. The zero-order valence-corrected chi connectivity index (χ0v) is 22.8. The summed E-state index contributed by atoms with van der Waals surface area (Å²) in [6, 6.07) is 12.6. The normalized spacial score (nSPS) is 16.7. The average molecular weight is 547 g/mol. The maximum atomic E-state index is 14.1. The summed E-state index contributed by atoms with van der Waals surface area (Å²) in [5.41, 5.74) is 9.22. The standard InChI is InChI=1S/C28H26N4O6S/c1-14-6-9-19(15(2)10-14)31-26(34)24-23(17-8-7-16(36-3)11-20(17)37-4)18(13-29)25(30)32-22(33)12-21(28(35)38-5)39-27(24)32/h6-12,23H,30H2,1-5H3,(H,31,34)/t23-/m0/s1. The Hall–Kier alpha value is -4.69. The van der Waals surface area contributed by atoms with Gasteiger partial charge in [0.1, 0.15) is 22.2 Å². The molecule has 2 amide bonds. The molecule has 0 saturated heterocycles. The van der Waals surface area contributed by atoms with Gasteiger partial charge < -0.3 is 25.3 Å². The molecule has 200 valence electrons. The summed E-state index contributed by atoms with van der Waals surface area (Å²) >= 11 is 0.863. The molecule has 10 nitrogen and oxygen atoms in total. The number of nitriles is 1. The molecule has 0 radical (unpaired) electrons. The minimum absolute atomic E-state index is 0.0285. The van der Waals surface area contributed by atoms with E-state index in [1.54, 1.807) is 24.3 Å². The third-order valence-electron chi connectivity index (χ3n) is 6.34. The summed E-state index contributed by atoms with van der Waals surface area (Å²) in [7, 11) is 4.14. The molecule has 0 fully saturated rings. The third-order valence-corrected chi connectivity index (χ3v) is 7.44. The fourth-order valence-electron chi connectivity index (χ4n) is 4.46. The van der Waals surface area contributed by atoms with Crippen LogP contribution in [0, 0.1) is 25.2 Å². The summed E-state index contributed by atoms with van der Waals surface area (Å²) in [4.78, 5) is 40.8. The van der Waals surface area contributed by atoms with Crippen LogP contribution in [0.25, 0.3) is 0 Å². The highest BCUT2D eigenvalue weighted by Gasteiger charge is 2.44. The Kier molecular flexibility index (Phi) is 7.69. The number of carbonyl (C=O) groups excluding carboxylic acids is 3. The van der Waals surface area contributed by atoms with Crippen molar-refractivity contribution in [3.63, 3.8) is 0 Å². The summed E-state index contributed by atoms with van der Waals surface area (Å²) in [6.07, 6.45) is 1.07. The van der Waals surface area contributed by atoms with Crippen molar-refractivity contribution in [2.45, 2.75) is 19.8 Å². The Morgan fingerprint density at radius 2 is 1.85 bits per heavy atom. The van der Waals surface area contributed by atoms with E-state index in [2.05, 4.69) is 11.4 Å². The Labute approximate surface area is 229 Å². The van der Waals surface area contributed by atoms with E-state index in [0.29, 0.717) is 22.7 Å². The van der Waals surface area contributed by atoms with Crippen molar-refractivity contribution in [3.05, 3.63) is 86.1 Å². The number of aryl methyl sites for hydroxylation is 2. The Morgan fingerprint density at radius 3 is 2.46 bits per heavy atom. The lowest BCUT2D eigenvalue weighted by Crippen LogP contribution is -2.42. The SMILES string of the molecule is COC(=O)C1=CC(=O)N2C(N)=C(C#N)[C@H](c3ccc(OC)cc3OC)C(C(=O)Nc3ccc(C)cc3C)=C2S1. The zero-order chi connectivity index (χ0) is 28.4. The number of rotatable bonds is 6. The second-order valence-electron chi connectivity index (χ2n) is 8.72. The van der Waals surface area contributed by atoms with Gasteiger partial charge in [0.25, 0.3) is 11.8 Å². The van der Waals surface area contributed by atoms with Crippen molar-refractivity contribution in [1.82, 2.24) is 4.90 Å². The lowest BCUT2D eigenvalue weighted by Gasteiger charge is -2.37. The van der Waals surface area contributed by atoms with Gasteiger partial charge in [0, 0.05) is 23.4 Å². The van der Waals surface area contributed by atoms with Gasteiger partial charge in [-0.3, -0.25) is 14.5 Å². The molecule has 0 aliphatic carbocycles. The number of fused-ring (bicyclic) bond motifs is 1. The van der Waals surface area contributed by atoms with Crippen LogP contribution >= 0.6 is 11.8 Å². The van der Waals surface area contributed by atoms with Crippen LogP contribution in [0.4, 0.5) is 5.69 Å². The fraction of sp³-hybridized carbons (Fsp3) is 0.214. The van der Waals surface area contributed by atoms with Gasteiger partial charge in [-0.15, -0.1) is 0 Å². The zero-order valence-electron chi connectivity index (χ0n) is 21.9. The highest BCUT2D eigenvalue weighted by molar-refractivity contribution is 8.07. The minimum atomic E-state index is -1.04. The first kappa shape index (κ1) is 27.3. The van der Waals surface area contributed by atoms with Crippen LogP contribution in [0.5, 0.6) is 11.5 Å². The largest absolute Gasteiger partial charge is 0.497 e. The molecule has 0 aromatic heterocycles. The van der Waals surface area contributed by atoms with E-state index < -0.39 is 23.7 Å². The molecule has 3 N–H and O–H groups in total. The fourth-order valence-corrected chi connectivity index (χ4v) is 5.59. The molecular formula is C28H26N4O6S. The predicted molar refractivity (Wildman–Crippen MR) is 145 cm³/mol. The van der Waals surface area contributed by atoms with E-state index >= 15 is 0 Å². The molecule has 2 heterocycles. The van der Waals surface area contributed by atoms with Crippen LogP contribution in [-0.4, -0.2) is 44.0 Å². The molecular weight excluding hydrogens is 520 g/mol. The van der Waals surface area contributed by atoms with Crippen molar-refractivity contribution in [2.75, 3.05) is 26.6 Å². The van der Waals surface area contributed by atoms with E-state index in [0.717, 1.165) is 33.9 Å². The number of nitrogens with one attached hydrogen (secondary N) is 1. The van der Waals surface area contributed by atoms with Gasteiger partial charge in [0.05, 0.1) is 49.5 Å². The van der Waals surface area contributed by atoms with Crippen LogP contribution in [-0.2, 0) is 19.1 Å². The second kappa shape index (κ2) is 11.0. The first-order valence-electron chi connectivity index (χ1n) is 11.7. The summed E-state index contributed by atoms with van der Waals surface area (Å²) < 4.78 is 15.7.